The molecule has 31 heavy (non-hydrogen) atoms. The Balaban J connectivity index is 1.76. The standard InChI is InChI=1S/C25H21FO5/c1-29-16-22(25(28)30-2)20-8-4-3-7-18(20)15-31-19-13-11-17(12-14-19)24(27)21-9-5-6-10-23(21)26/h3-14,16H,15H2,1-2H3/b22-16+. The zero-order chi connectivity index (χ0) is 22.2. The van der Waals surface area contributed by atoms with Crippen molar-refractivity contribution in [2.75, 3.05) is 14.2 Å². The van der Waals surface area contributed by atoms with Gasteiger partial charge in [0.2, 0.25) is 0 Å². The number of hydrogen-bond donors (Lipinski definition) is 0. The summed E-state index contributed by atoms with van der Waals surface area (Å²) in [4.78, 5) is 24.6. The van der Waals surface area contributed by atoms with E-state index in [0.717, 1.165) is 5.56 Å². The van der Waals surface area contributed by atoms with Crippen LogP contribution in [0.3, 0.4) is 0 Å². The molecular weight excluding hydrogens is 399 g/mol. The normalized spacial score (nSPS) is 11.0. The van der Waals surface area contributed by atoms with E-state index in [1.165, 1.54) is 38.7 Å². The number of carbonyl (C=O) groups excluding carboxylic acids is 2. The predicted molar refractivity (Wildman–Crippen MR) is 114 cm³/mol. The van der Waals surface area contributed by atoms with Gasteiger partial charge < -0.3 is 14.2 Å². The number of ketones is 1. The molecule has 0 unspecified atom stereocenters. The van der Waals surface area contributed by atoms with Crippen LogP contribution >= 0.6 is 0 Å². The lowest BCUT2D eigenvalue weighted by atomic mass is 10.0. The Labute approximate surface area is 179 Å². The fourth-order valence-electron chi connectivity index (χ4n) is 3.02. The van der Waals surface area contributed by atoms with Gasteiger partial charge in [0.05, 0.1) is 26.0 Å². The quantitative estimate of drug-likeness (QED) is 0.227. The zero-order valence-corrected chi connectivity index (χ0v) is 17.1. The summed E-state index contributed by atoms with van der Waals surface area (Å²) in [5, 5.41) is 0. The highest BCUT2D eigenvalue weighted by molar-refractivity contribution is 6.16. The highest BCUT2D eigenvalue weighted by Crippen LogP contribution is 2.23. The monoisotopic (exact) mass is 420 g/mol. The lowest BCUT2D eigenvalue weighted by Gasteiger charge is -2.13. The van der Waals surface area contributed by atoms with Gasteiger partial charge in [-0.1, -0.05) is 36.4 Å². The number of carbonyl (C=O) groups is 2. The molecule has 3 rings (SSSR count). The number of halogens is 1. The molecule has 5 nitrogen and oxygen atoms in total. The lowest BCUT2D eigenvalue weighted by Crippen LogP contribution is -2.08. The summed E-state index contributed by atoms with van der Waals surface area (Å²) in [6, 6.07) is 19.5. The van der Waals surface area contributed by atoms with Crippen molar-refractivity contribution in [3.63, 3.8) is 0 Å². The van der Waals surface area contributed by atoms with Crippen LogP contribution in [0.5, 0.6) is 5.75 Å². The summed E-state index contributed by atoms with van der Waals surface area (Å²) in [6.07, 6.45) is 1.33. The fraction of sp³-hybridized carbons (Fsp3) is 0.120. The molecule has 3 aromatic rings. The maximum Gasteiger partial charge on any atom is 0.341 e. The lowest BCUT2D eigenvalue weighted by molar-refractivity contribution is -0.133. The first-order chi connectivity index (χ1) is 15.0. The fourth-order valence-corrected chi connectivity index (χ4v) is 3.02. The maximum atomic E-state index is 13.9. The van der Waals surface area contributed by atoms with Gasteiger partial charge >= 0.3 is 5.97 Å². The summed E-state index contributed by atoms with van der Waals surface area (Å²) in [5.41, 5.74) is 2.03. The van der Waals surface area contributed by atoms with Gasteiger partial charge in [-0.25, -0.2) is 9.18 Å². The van der Waals surface area contributed by atoms with E-state index in [1.807, 2.05) is 12.1 Å². The number of esters is 1. The molecule has 3 aromatic carbocycles. The van der Waals surface area contributed by atoms with Crippen molar-refractivity contribution in [1.82, 2.24) is 0 Å². The van der Waals surface area contributed by atoms with E-state index in [-0.39, 0.29) is 17.7 Å². The van der Waals surface area contributed by atoms with Gasteiger partial charge in [0, 0.05) is 5.56 Å². The van der Waals surface area contributed by atoms with Gasteiger partial charge in [0.1, 0.15) is 23.7 Å². The second-order valence-electron chi connectivity index (χ2n) is 6.54. The van der Waals surface area contributed by atoms with Crippen LogP contribution in [0.15, 0.2) is 79.1 Å². The van der Waals surface area contributed by atoms with Crippen LogP contribution in [0.4, 0.5) is 4.39 Å². The molecule has 0 radical (unpaired) electrons. The number of rotatable bonds is 8. The molecule has 0 atom stereocenters. The molecule has 0 aromatic heterocycles. The topological polar surface area (TPSA) is 61.8 Å². The number of benzene rings is 3. The average Bonchev–Trinajstić information content (AvgIpc) is 2.81. The molecule has 0 spiro atoms. The van der Waals surface area contributed by atoms with E-state index in [9.17, 15) is 14.0 Å². The SMILES string of the molecule is CO/C=C(/C(=O)OC)c1ccccc1COc1ccc(C(=O)c2ccccc2F)cc1. The molecule has 0 aliphatic rings. The van der Waals surface area contributed by atoms with Crippen molar-refractivity contribution in [3.8, 4) is 5.75 Å². The highest BCUT2D eigenvalue weighted by atomic mass is 19.1. The Hall–Kier alpha value is -3.93. The van der Waals surface area contributed by atoms with Crippen LogP contribution < -0.4 is 4.74 Å². The van der Waals surface area contributed by atoms with Crippen LogP contribution in [0.1, 0.15) is 27.0 Å². The van der Waals surface area contributed by atoms with E-state index in [0.29, 0.717) is 16.9 Å². The summed E-state index contributed by atoms with van der Waals surface area (Å²) in [6.45, 7) is 0.175. The van der Waals surface area contributed by atoms with Crippen molar-refractivity contribution in [3.05, 3.63) is 107 Å². The molecule has 158 valence electrons. The summed E-state index contributed by atoms with van der Waals surface area (Å²) >= 11 is 0. The molecule has 0 saturated carbocycles. The number of ether oxygens (including phenoxy) is 3. The predicted octanol–water partition coefficient (Wildman–Crippen LogP) is 4.80. The summed E-state index contributed by atoms with van der Waals surface area (Å²) in [5.74, 6) is -0.960. The molecule has 6 heteroatoms. The second-order valence-corrected chi connectivity index (χ2v) is 6.54. The van der Waals surface area contributed by atoms with Crippen LogP contribution in [-0.4, -0.2) is 26.0 Å². The van der Waals surface area contributed by atoms with E-state index in [2.05, 4.69) is 0 Å². The molecule has 0 N–H and O–H groups in total. The molecule has 0 aliphatic heterocycles. The molecule has 0 bridgehead atoms. The van der Waals surface area contributed by atoms with Crippen LogP contribution in [0, 0.1) is 5.82 Å². The first-order valence-corrected chi connectivity index (χ1v) is 9.46. The number of hydrogen-bond acceptors (Lipinski definition) is 5. The third-order valence-corrected chi connectivity index (χ3v) is 4.58. The van der Waals surface area contributed by atoms with Gasteiger partial charge in [-0.3, -0.25) is 4.79 Å². The second kappa shape index (κ2) is 10.2. The zero-order valence-electron chi connectivity index (χ0n) is 17.1. The third kappa shape index (κ3) is 5.17. The molecule has 0 heterocycles. The Bertz CT molecular complexity index is 1100. The van der Waals surface area contributed by atoms with E-state index < -0.39 is 17.6 Å². The van der Waals surface area contributed by atoms with Gasteiger partial charge in [0.15, 0.2) is 5.78 Å². The average molecular weight is 420 g/mol. The van der Waals surface area contributed by atoms with Crippen molar-refractivity contribution in [2.24, 2.45) is 0 Å². The van der Waals surface area contributed by atoms with E-state index in [1.54, 1.807) is 42.5 Å². The summed E-state index contributed by atoms with van der Waals surface area (Å²) in [7, 11) is 2.75. The summed E-state index contributed by atoms with van der Waals surface area (Å²) < 4.78 is 29.5. The van der Waals surface area contributed by atoms with E-state index in [4.69, 9.17) is 14.2 Å². The van der Waals surface area contributed by atoms with Gasteiger partial charge in [-0.2, -0.15) is 0 Å². The third-order valence-electron chi connectivity index (χ3n) is 4.58. The van der Waals surface area contributed by atoms with Crippen LogP contribution in [0.25, 0.3) is 5.57 Å². The Morgan fingerprint density at radius 3 is 2.16 bits per heavy atom. The van der Waals surface area contributed by atoms with Crippen molar-refractivity contribution < 1.29 is 28.2 Å². The minimum atomic E-state index is -0.560. The van der Waals surface area contributed by atoms with Crippen LogP contribution in [-0.2, 0) is 20.9 Å². The molecule has 0 amide bonds. The van der Waals surface area contributed by atoms with Gasteiger partial charge in [-0.05, 0) is 47.5 Å². The van der Waals surface area contributed by atoms with Crippen molar-refractivity contribution in [1.29, 1.82) is 0 Å². The first kappa shape index (κ1) is 21.8. The van der Waals surface area contributed by atoms with Crippen molar-refractivity contribution in [2.45, 2.75) is 6.61 Å². The van der Waals surface area contributed by atoms with Crippen LogP contribution in [0.2, 0.25) is 0 Å². The van der Waals surface area contributed by atoms with E-state index >= 15 is 0 Å². The molecule has 0 aliphatic carbocycles. The largest absolute Gasteiger partial charge is 0.503 e. The Morgan fingerprint density at radius 2 is 1.52 bits per heavy atom. The molecule has 0 saturated heterocycles. The minimum absolute atomic E-state index is 0.0189. The van der Waals surface area contributed by atoms with Crippen molar-refractivity contribution >= 4 is 17.3 Å². The van der Waals surface area contributed by atoms with Gasteiger partial charge in [0.25, 0.3) is 0 Å². The molecule has 0 fully saturated rings. The minimum Gasteiger partial charge on any atom is -0.503 e. The Morgan fingerprint density at radius 1 is 0.871 bits per heavy atom. The Kier molecular flexibility index (Phi) is 7.17. The molecular formula is C25H21FO5. The van der Waals surface area contributed by atoms with Gasteiger partial charge in [-0.15, -0.1) is 0 Å². The first-order valence-electron chi connectivity index (χ1n) is 9.46. The number of methoxy groups -OCH3 is 2. The smallest absolute Gasteiger partial charge is 0.341 e. The maximum absolute atomic E-state index is 13.9. The highest BCUT2D eigenvalue weighted by Gasteiger charge is 2.17.